The first kappa shape index (κ1) is 19.9. The molecule has 3 aromatic rings. The molecule has 154 valence electrons. The second kappa shape index (κ2) is 8.95. The van der Waals surface area contributed by atoms with E-state index in [-0.39, 0.29) is 24.3 Å². The Labute approximate surface area is 176 Å². The number of carbonyl (C=O) groups excluding carboxylic acids is 2. The van der Waals surface area contributed by atoms with E-state index >= 15 is 0 Å². The molecule has 0 radical (unpaired) electrons. The highest BCUT2D eigenvalue weighted by Crippen LogP contribution is 2.25. The number of aromatic nitrogens is 2. The highest BCUT2D eigenvalue weighted by atomic mass is 16.2. The largest absolute Gasteiger partial charge is 0.349 e. The van der Waals surface area contributed by atoms with E-state index in [4.69, 9.17) is 4.98 Å². The molecule has 1 unspecified atom stereocenters. The second-order valence-electron chi connectivity index (χ2n) is 7.69. The van der Waals surface area contributed by atoms with Crippen LogP contribution in [0.25, 0.3) is 11.3 Å². The molecule has 2 N–H and O–H groups in total. The summed E-state index contributed by atoms with van der Waals surface area (Å²) in [6, 6.07) is 16.9. The quantitative estimate of drug-likeness (QED) is 0.652. The zero-order valence-corrected chi connectivity index (χ0v) is 17.1. The van der Waals surface area contributed by atoms with Gasteiger partial charge in [-0.3, -0.25) is 9.59 Å². The number of benzene rings is 2. The molecule has 1 aliphatic heterocycles. The van der Waals surface area contributed by atoms with Crippen molar-refractivity contribution in [1.82, 2.24) is 14.9 Å². The average molecular weight is 402 g/mol. The predicted molar refractivity (Wildman–Crippen MR) is 117 cm³/mol. The zero-order valence-electron chi connectivity index (χ0n) is 17.1. The fourth-order valence-electron chi connectivity index (χ4n) is 3.89. The molecule has 0 saturated heterocycles. The minimum Gasteiger partial charge on any atom is -0.349 e. The van der Waals surface area contributed by atoms with Crippen LogP contribution in [0.4, 0.5) is 5.69 Å². The number of aryl methyl sites for hydroxylation is 2. The number of imidazole rings is 1. The molecular weight excluding hydrogens is 376 g/mol. The topological polar surface area (TPSA) is 76.0 Å². The number of nitrogens with zero attached hydrogens (tertiary/aromatic N) is 2. The Balaban J connectivity index is 1.47. The average Bonchev–Trinajstić information content (AvgIpc) is 3.18. The Morgan fingerprint density at radius 2 is 1.93 bits per heavy atom. The molecule has 0 fully saturated rings. The Kier molecular flexibility index (Phi) is 5.93. The lowest BCUT2D eigenvalue weighted by Crippen LogP contribution is -2.29. The number of nitrogens with one attached hydrogen (secondary N) is 2. The maximum Gasteiger partial charge on any atom is 0.226 e. The van der Waals surface area contributed by atoms with E-state index in [1.165, 1.54) is 19.8 Å². The lowest BCUT2D eigenvalue weighted by molar-refractivity contribution is -0.120. The third-order valence-electron chi connectivity index (χ3n) is 5.32. The number of hydrogen-bond acceptors (Lipinski definition) is 3. The van der Waals surface area contributed by atoms with Crippen LogP contribution in [0.5, 0.6) is 0 Å². The van der Waals surface area contributed by atoms with Gasteiger partial charge < -0.3 is 15.2 Å². The van der Waals surface area contributed by atoms with Crippen LogP contribution < -0.4 is 10.6 Å². The highest BCUT2D eigenvalue weighted by Gasteiger charge is 2.18. The normalized spacial score (nSPS) is 13.9. The van der Waals surface area contributed by atoms with Crippen LogP contribution >= 0.6 is 0 Å². The summed E-state index contributed by atoms with van der Waals surface area (Å²) < 4.78 is 2.22. The lowest BCUT2D eigenvalue weighted by Gasteiger charge is -2.18. The van der Waals surface area contributed by atoms with Crippen LogP contribution in [-0.2, 0) is 22.6 Å². The summed E-state index contributed by atoms with van der Waals surface area (Å²) in [6.45, 7) is 2.48. The SMILES string of the molecule is CC(=O)NC(CC(=O)Nc1cccc(-c2cn3c(n2)CCCC3)c1)c1ccccc1. The number of fused-ring (bicyclic) bond motifs is 1. The van der Waals surface area contributed by atoms with Crippen molar-refractivity contribution in [3.8, 4) is 11.3 Å². The zero-order chi connectivity index (χ0) is 20.9. The van der Waals surface area contributed by atoms with Crippen molar-refractivity contribution in [2.75, 3.05) is 5.32 Å². The first-order valence-corrected chi connectivity index (χ1v) is 10.4. The van der Waals surface area contributed by atoms with E-state index in [1.54, 1.807) is 0 Å². The Morgan fingerprint density at radius 1 is 1.10 bits per heavy atom. The molecular formula is C24H26N4O2. The van der Waals surface area contributed by atoms with E-state index in [1.807, 2.05) is 54.6 Å². The minimum absolute atomic E-state index is 0.154. The van der Waals surface area contributed by atoms with Gasteiger partial charge in [-0.25, -0.2) is 4.98 Å². The van der Waals surface area contributed by atoms with Crippen LogP contribution in [0, 0.1) is 0 Å². The molecule has 2 amide bonds. The molecule has 0 saturated carbocycles. The summed E-state index contributed by atoms with van der Waals surface area (Å²) in [7, 11) is 0. The molecule has 6 nitrogen and oxygen atoms in total. The first-order valence-electron chi connectivity index (χ1n) is 10.4. The third kappa shape index (κ3) is 4.76. The maximum atomic E-state index is 12.7. The van der Waals surface area contributed by atoms with Crippen LogP contribution in [-0.4, -0.2) is 21.4 Å². The van der Waals surface area contributed by atoms with E-state index in [9.17, 15) is 9.59 Å². The Hall–Kier alpha value is -3.41. The van der Waals surface area contributed by atoms with Gasteiger partial charge in [0, 0.05) is 37.3 Å². The Morgan fingerprint density at radius 3 is 2.70 bits per heavy atom. The van der Waals surface area contributed by atoms with Crippen molar-refractivity contribution < 1.29 is 9.59 Å². The summed E-state index contributed by atoms with van der Waals surface area (Å²) in [6.07, 6.45) is 5.64. The number of hydrogen-bond donors (Lipinski definition) is 2. The highest BCUT2D eigenvalue weighted by molar-refractivity contribution is 5.92. The van der Waals surface area contributed by atoms with Gasteiger partial charge in [0.15, 0.2) is 0 Å². The predicted octanol–water partition coefficient (Wildman–Crippen LogP) is 4.09. The van der Waals surface area contributed by atoms with E-state index in [0.29, 0.717) is 0 Å². The summed E-state index contributed by atoms with van der Waals surface area (Å²) in [5.74, 6) is 0.813. The molecule has 0 spiro atoms. The van der Waals surface area contributed by atoms with Gasteiger partial charge in [-0.2, -0.15) is 0 Å². The monoisotopic (exact) mass is 402 g/mol. The van der Waals surface area contributed by atoms with Crippen LogP contribution in [0.1, 0.15) is 43.6 Å². The maximum absolute atomic E-state index is 12.7. The second-order valence-corrected chi connectivity index (χ2v) is 7.69. The van der Waals surface area contributed by atoms with Crippen molar-refractivity contribution in [3.05, 3.63) is 72.2 Å². The molecule has 6 heteroatoms. The van der Waals surface area contributed by atoms with Gasteiger partial charge in [0.25, 0.3) is 0 Å². The number of carbonyl (C=O) groups is 2. The molecule has 2 aromatic carbocycles. The van der Waals surface area contributed by atoms with E-state index < -0.39 is 0 Å². The van der Waals surface area contributed by atoms with Crippen LogP contribution in [0.2, 0.25) is 0 Å². The summed E-state index contributed by atoms with van der Waals surface area (Å²) >= 11 is 0. The summed E-state index contributed by atoms with van der Waals surface area (Å²) in [5, 5.41) is 5.83. The number of amides is 2. The van der Waals surface area contributed by atoms with Crippen molar-refractivity contribution in [1.29, 1.82) is 0 Å². The van der Waals surface area contributed by atoms with Crippen molar-refractivity contribution in [3.63, 3.8) is 0 Å². The van der Waals surface area contributed by atoms with Gasteiger partial charge in [0.2, 0.25) is 11.8 Å². The fourth-order valence-corrected chi connectivity index (χ4v) is 3.89. The molecule has 1 atom stereocenters. The third-order valence-corrected chi connectivity index (χ3v) is 5.32. The molecule has 2 heterocycles. The molecule has 30 heavy (non-hydrogen) atoms. The van der Waals surface area contributed by atoms with Crippen molar-refractivity contribution in [2.24, 2.45) is 0 Å². The minimum atomic E-state index is -0.369. The molecule has 0 bridgehead atoms. The van der Waals surface area contributed by atoms with Gasteiger partial charge >= 0.3 is 0 Å². The van der Waals surface area contributed by atoms with Gasteiger partial charge in [0.05, 0.1) is 18.2 Å². The first-order chi connectivity index (χ1) is 14.6. The summed E-state index contributed by atoms with van der Waals surface area (Å²) in [5.41, 5.74) is 3.54. The standard InChI is InChI=1S/C24H26N4O2/c1-17(29)25-21(18-8-3-2-4-9-18)15-24(30)26-20-11-7-10-19(14-20)22-16-28-13-6-5-12-23(28)27-22/h2-4,7-11,14,16,21H,5-6,12-13,15H2,1H3,(H,25,29)(H,26,30). The number of rotatable bonds is 6. The van der Waals surface area contributed by atoms with Gasteiger partial charge in [-0.15, -0.1) is 0 Å². The van der Waals surface area contributed by atoms with Gasteiger partial charge in [-0.05, 0) is 30.5 Å². The van der Waals surface area contributed by atoms with E-state index in [2.05, 4.69) is 21.4 Å². The molecule has 0 aliphatic carbocycles. The molecule has 4 rings (SSSR count). The Bertz CT molecular complexity index is 1020. The van der Waals surface area contributed by atoms with Crippen molar-refractivity contribution in [2.45, 2.75) is 45.2 Å². The van der Waals surface area contributed by atoms with Crippen LogP contribution in [0.3, 0.4) is 0 Å². The smallest absolute Gasteiger partial charge is 0.226 e. The fraction of sp³-hybridized carbons (Fsp3) is 0.292. The van der Waals surface area contributed by atoms with Crippen LogP contribution in [0.15, 0.2) is 60.8 Å². The van der Waals surface area contributed by atoms with Gasteiger partial charge in [0.1, 0.15) is 5.82 Å². The number of anilines is 1. The summed E-state index contributed by atoms with van der Waals surface area (Å²) in [4.78, 5) is 29.1. The molecule has 1 aromatic heterocycles. The van der Waals surface area contributed by atoms with E-state index in [0.717, 1.165) is 41.3 Å². The lowest BCUT2D eigenvalue weighted by atomic mass is 10.0. The molecule has 1 aliphatic rings. The van der Waals surface area contributed by atoms with Gasteiger partial charge in [-0.1, -0.05) is 42.5 Å². The van der Waals surface area contributed by atoms with Crippen molar-refractivity contribution >= 4 is 17.5 Å².